The lowest BCUT2D eigenvalue weighted by Gasteiger charge is -2.14. The van der Waals surface area contributed by atoms with Crippen molar-refractivity contribution >= 4 is 15.8 Å². The molecule has 0 amide bonds. The summed E-state index contributed by atoms with van der Waals surface area (Å²) in [6.07, 6.45) is 1.15. The second-order valence-corrected chi connectivity index (χ2v) is 8.43. The molecule has 8 heteroatoms. The van der Waals surface area contributed by atoms with Crippen LogP contribution in [0.1, 0.15) is 31.1 Å². The summed E-state index contributed by atoms with van der Waals surface area (Å²) in [7, 11) is -3.43. The fraction of sp³-hybridized carbons (Fsp3) is 0.250. The van der Waals surface area contributed by atoms with Crippen molar-refractivity contribution in [1.82, 2.24) is 0 Å². The van der Waals surface area contributed by atoms with Crippen molar-refractivity contribution in [3.8, 4) is 5.75 Å². The van der Waals surface area contributed by atoms with Crippen LogP contribution in [-0.2, 0) is 25.8 Å². The first-order valence-electron chi connectivity index (χ1n) is 8.66. The monoisotopic (exact) mass is 408 g/mol. The highest BCUT2D eigenvalue weighted by Crippen LogP contribution is 2.33. The lowest BCUT2D eigenvalue weighted by molar-refractivity contribution is -0.141. The normalized spacial score (nSPS) is 16.6. The molecule has 0 radical (unpaired) electrons. The van der Waals surface area contributed by atoms with E-state index in [1.807, 2.05) is 6.92 Å². The number of hydrogen-bond acceptors (Lipinski definition) is 5. The predicted molar refractivity (Wildman–Crippen MR) is 97.4 cm³/mol. The van der Waals surface area contributed by atoms with Crippen molar-refractivity contribution < 1.29 is 31.5 Å². The van der Waals surface area contributed by atoms with Crippen LogP contribution in [0.2, 0.25) is 0 Å². The minimum atomic E-state index is -3.43. The molecule has 0 fully saturated rings. The third-order valence-corrected chi connectivity index (χ3v) is 6.13. The van der Waals surface area contributed by atoms with Crippen molar-refractivity contribution in [3.63, 3.8) is 0 Å². The van der Waals surface area contributed by atoms with E-state index in [0.29, 0.717) is 12.0 Å². The minimum Gasteiger partial charge on any atom is -0.450 e. The maximum absolute atomic E-state index is 13.3. The number of rotatable bonds is 6. The third kappa shape index (κ3) is 3.91. The summed E-state index contributed by atoms with van der Waals surface area (Å²) in [5.41, 5.74) is 1.35. The number of esters is 1. The average Bonchev–Trinajstić information content (AvgIpc) is 3.04. The predicted octanol–water partition coefficient (Wildman–Crippen LogP) is 3.88. The smallest absolute Gasteiger partial charge is 0.375 e. The van der Waals surface area contributed by atoms with Crippen LogP contribution < -0.4 is 4.74 Å². The molecule has 0 saturated carbocycles. The molecule has 1 aliphatic rings. The van der Waals surface area contributed by atoms with Crippen LogP contribution in [0.25, 0.3) is 0 Å². The van der Waals surface area contributed by atoms with Gasteiger partial charge in [-0.1, -0.05) is 19.9 Å². The van der Waals surface area contributed by atoms with Gasteiger partial charge in [0, 0.05) is 17.7 Å². The maximum atomic E-state index is 13.3. The number of ether oxygens (including phenoxy) is 2. The molecule has 5 nitrogen and oxygen atoms in total. The molecule has 148 valence electrons. The first-order valence-corrected chi connectivity index (χ1v) is 10.3. The van der Waals surface area contributed by atoms with Crippen LogP contribution in [0.15, 0.2) is 53.1 Å². The third-order valence-electron chi connectivity index (χ3n) is 4.40. The lowest BCUT2D eigenvalue weighted by atomic mass is 10.0. The van der Waals surface area contributed by atoms with Crippen LogP contribution in [0.4, 0.5) is 8.78 Å². The summed E-state index contributed by atoms with van der Waals surface area (Å²) in [6.45, 7) is 3.44. The number of cyclic esters (lactones) is 1. The number of benzene rings is 2. The van der Waals surface area contributed by atoms with E-state index in [1.54, 1.807) is 13.0 Å². The Morgan fingerprint density at radius 2 is 1.82 bits per heavy atom. The van der Waals surface area contributed by atoms with Crippen LogP contribution in [0, 0.1) is 11.6 Å². The quantitative estimate of drug-likeness (QED) is 0.679. The zero-order valence-electron chi connectivity index (χ0n) is 15.2. The number of halogens is 2. The van der Waals surface area contributed by atoms with Crippen molar-refractivity contribution in [2.45, 2.75) is 31.3 Å². The Morgan fingerprint density at radius 1 is 1.07 bits per heavy atom. The molecule has 3 rings (SSSR count). The number of aryl methyl sites for hydroxylation is 1. The standard InChI is InChI=1S/C20H18F2O5S/c1-3-12-5-7-14(28(24,25)4-2)10-15(12)18-11-19(20(23)27-18)26-13-6-8-16(21)17(22)9-13/h5-11,18H,3-4H2,1-2H3/t18-/m1/s1. The summed E-state index contributed by atoms with van der Waals surface area (Å²) >= 11 is 0. The van der Waals surface area contributed by atoms with Gasteiger partial charge in [0.2, 0.25) is 5.76 Å². The summed E-state index contributed by atoms with van der Waals surface area (Å²) in [5, 5.41) is 0. The molecular weight excluding hydrogens is 390 g/mol. The summed E-state index contributed by atoms with van der Waals surface area (Å²) in [5.74, 6) is -3.20. The zero-order valence-corrected chi connectivity index (χ0v) is 16.1. The average molecular weight is 408 g/mol. The van der Waals surface area contributed by atoms with Gasteiger partial charge in [-0.05, 0) is 36.2 Å². The lowest BCUT2D eigenvalue weighted by Crippen LogP contribution is -2.09. The van der Waals surface area contributed by atoms with Gasteiger partial charge in [0.05, 0.1) is 10.6 Å². The molecule has 0 unspecified atom stereocenters. The van der Waals surface area contributed by atoms with Gasteiger partial charge >= 0.3 is 5.97 Å². The van der Waals surface area contributed by atoms with E-state index < -0.39 is 33.5 Å². The van der Waals surface area contributed by atoms with E-state index in [4.69, 9.17) is 9.47 Å². The molecule has 0 aliphatic carbocycles. The van der Waals surface area contributed by atoms with Gasteiger partial charge in [-0.3, -0.25) is 0 Å². The molecular formula is C20H18F2O5S. The number of carbonyl (C=O) groups is 1. The Labute approximate surface area is 161 Å². The fourth-order valence-electron chi connectivity index (χ4n) is 2.83. The second kappa shape index (κ2) is 7.71. The van der Waals surface area contributed by atoms with Crippen molar-refractivity contribution in [1.29, 1.82) is 0 Å². The van der Waals surface area contributed by atoms with Gasteiger partial charge < -0.3 is 9.47 Å². The number of sulfone groups is 1. The summed E-state index contributed by atoms with van der Waals surface area (Å²) in [4.78, 5) is 12.3. The first kappa shape index (κ1) is 20.0. The fourth-order valence-corrected chi connectivity index (χ4v) is 3.74. The van der Waals surface area contributed by atoms with Gasteiger partial charge in [0.15, 0.2) is 21.5 Å². The molecule has 0 bridgehead atoms. The van der Waals surface area contributed by atoms with Gasteiger partial charge in [-0.15, -0.1) is 0 Å². The van der Waals surface area contributed by atoms with E-state index in [0.717, 1.165) is 17.7 Å². The first-order chi connectivity index (χ1) is 13.2. The Hall–Kier alpha value is -2.74. The largest absolute Gasteiger partial charge is 0.450 e. The maximum Gasteiger partial charge on any atom is 0.375 e. The van der Waals surface area contributed by atoms with Crippen molar-refractivity contribution in [2.24, 2.45) is 0 Å². The van der Waals surface area contributed by atoms with E-state index >= 15 is 0 Å². The van der Waals surface area contributed by atoms with Crippen LogP contribution in [0.3, 0.4) is 0 Å². The van der Waals surface area contributed by atoms with Crippen LogP contribution in [0.5, 0.6) is 5.75 Å². The number of hydrogen-bond donors (Lipinski definition) is 0. The Bertz CT molecular complexity index is 1060. The summed E-state index contributed by atoms with van der Waals surface area (Å²) < 4.78 is 61.4. The summed E-state index contributed by atoms with van der Waals surface area (Å²) in [6, 6.07) is 7.60. The molecule has 2 aromatic rings. The van der Waals surface area contributed by atoms with Gasteiger partial charge in [-0.25, -0.2) is 22.0 Å². The van der Waals surface area contributed by atoms with Crippen LogP contribution in [-0.4, -0.2) is 20.1 Å². The molecule has 1 atom stereocenters. The SMILES string of the molecule is CCc1ccc(S(=O)(=O)CC)cc1[C@H]1C=C(Oc2ccc(F)c(F)c2)C(=O)O1. The molecule has 0 spiro atoms. The molecule has 0 N–H and O–H groups in total. The van der Waals surface area contributed by atoms with E-state index in [9.17, 15) is 22.0 Å². The Kier molecular flexibility index (Phi) is 5.51. The van der Waals surface area contributed by atoms with Gasteiger partial charge in [0.1, 0.15) is 11.9 Å². The highest BCUT2D eigenvalue weighted by Gasteiger charge is 2.31. The Morgan fingerprint density at radius 3 is 2.46 bits per heavy atom. The molecule has 0 aromatic heterocycles. The Balaban J connectivity index is 1.95. The molecule has 2 aromatic carbocycles. The van der Waals surface area contributed by atoms with E-state index in [1.165, 1.54) is 24.3 Å². The molecule has 1 heterocycles. The van der Waals surface area contributed by atoms with E-state index in [-0.39, 0.29) is 22.2 Å². The highest BCUT2D eigenvalue weighted by molar-refractivity contribution is 7.91. The minimum absolute atomic E-state index is 0.0529. The van der Waals surface area contributed by atoms with Crippen molar-refractivity contribution in [2.75, 3.05) is 5.75 Å². The zero-order chi connectivity index (χ0) is 20.5. The highest BCUT2D eigenvalue weighted by atomic mass is 32.2. The second-order valence-electron chi connectivity index (χ2n) is 6.15. The van der Waals surface area contributed by atoms with Crippen molar-refractivity contribution in [3.05, 3.63) is 71.0 Å². The van der Waals surface area contributed by atoms with E-state index in [2.05, 4.69) is 0 Å². The molecule has 0 saturated heterocycles. The molecule has 1 aliphatic heterocycles. The van der Waals surface area contributed by atoms with Gasteiger partial charge in [0.25, 0.3) is 0 Å². The number of carbonyl (C=O) groups excluding carboxylic acids is 1. The topological polar surface area (TPSA) is 69.7 Å². The van der Waals surface area contributed by atoms with Gasteiger partial charge in [-0.2, -0.15) is 0 Å². The molecule has 28 heavy (non-hydrogen) atoms. The van der Waals surface area contributed by atoms with Crippen LogP contribution >= 0.6 is 0 Å².